The van der Waals surface area contributed by atoms with Crippen LogP contribution >= 0.6 is 0 Å². The third-order valence-electron chi connectivity index (χ3n) is 3.16. The maximum absolute atomic E-state index is 3.34. The fourth-order valence-corrected chi connectivity index (χ4v) is 2.25. The van der Waals surface area contributed by atoms with Crippen LogP contribution in [0.25, 0.3) is 10.9 Å². The molecule has 0 unspecified atom stereocenters. The fourth-order valence-electron chi connectivity index (χ4n) is 2.25. The second-order valence-corrected chi connectivity index (χ2v) is 4.53. The molecule has 2 aromatic carbocycles. The normalized spacial score (nSPS) is 10.9. The highest BCUT2D eigenvalue weighted by molar-refractivity contribution is 5.84. The summed E-state index contributed by atoms with van der Waals surface area (Å²) >= 11 is 0. The first-order chi connectivity index (χ1) is 8.33. The van der Waals surface area contributed by atoms with Crippen LogP contribution in [0.4, 0.5) is 0 Å². The minimum atomic E-state index is 0.990. The highest BCUT2D eigenvalue weighted by Gasteiger charge is 2.04. The Balaban J connectivity index is 2.03. The van der Waals surface area contributed by atoms with E-state index in [9.17, 15) is 0 Å². The first-order valence-electron chi connectivity index (χ1n) is 5.93. The smallest absolute Gasteiger partial charge is 0.0457 e. The molecule has 0 amide bonds. The van der Waals surface area contributed by atoms with Gasteiger partial charge in [0.05, 0.1) is 0 Å². The summed E-state index contributed by atoms with van der Waals surface area (Å²) in [7, 11) is 0. The molecule has 0 bridgehead atoms. The van der Waals surface area contributed by atoms with Gasteiger partial charge in [-0.2, -0.15) is 0 Å². The van der Waals surface area contributed by atoms with Crippen molar-refractivity contribution in [3.8, 4) is 0 Å². The number of hydrogen-bond donors (Lipinski definition) is 1. The van der Waals surface area contributed by atoms with E-state index >= 15 is 0 Å². The van der Waals surface area contributed by atoms with Crippen LogP contribution in [0.5, 0.6) is 0 Å². The predicted molar refractivity (Wildman–Crippen MR) is 72.3 cm³/mol. The average molecular weight is 221 g/mol. The predicted octanol–water partition coefficient (Wildman–Crippen LogP) is 4.07. The van der Waals surface area contributed by atoms with E-state index < -0.39 is 0 Å². The molecule has 0 saturated heterocycles. The van der Waals surface area contributed by atoms with Crippen molar-refractivity contribution in [1.82, 2.24) is 4.98 Å². The summed E-state index contributed by atoms with van der Waals surface area (Å²) in [4.78, 5) is 3.34. The Morgan fingerprint density at radius 3 is 2.65 bits per heavy atom. The number of aromatic amines is 1. The number of benzene rings is 2. The van der Waals surface area contributed by atoms with Crippen molar-refractivity contribution in [2.75, 3.05) is 0 Å². The molecule has 1 nitrogen and oxygen atoms in total. The highest BCUT2D eigenvalue weighted by Crippen LogP contribution is 2.22. The molecule has 1 heterocycles. The van der Waals surface area contributed by atoms with Crippen LogP contribution in [0.3, 0.4) is 0 Å². The van der Waals surface area contributed by atoms with Crippen molar-refractivity contribution in [2.45, 2.75) is 13.3 Å². The van der Waals surface area contributed by atoms with Crippen LogP contribution < -0.4 is 0 Å². The molecule has 3 aromatic rings. The van der Waals surface area contributed by atoms with E-state index in [1.54, 1.807) is 0 Å². The molecule has 17 heavy (non-hydrogen) atoms. The Kier molecular flexibility index (Phi) is 2.45. The summed E-state index contributed by atoms with van der Waals surface area (Å²) in [5.41, 5.74) is 5.26. The van der Waals surface area contributed by atoms with E-state index in [4.69, 9.17) is 0 Å². The maximum Gasteiger partial charge on any atom is 0.0457 e. The summed E-state index contributed by atoms with van der Waals surface area (Å²) < 4.78 is 0. The number of aromatic nitrogens is 1. The third-order valence-corrected chi connectivity index (χ3v) is 3.16. The van der Waals surface area contributed by atoms with E-state index in [1.165, 1.54) is 27.6 Å². The van der Waals surface area contributed by atoms with Gasteiger partial charge < -0.3 is 4.98 Å². The van der Waals surface area contributed by atoms with E-state index in [0.717, 1.165) is 6.42 Å². The quantitative estimate of drug-likeness (QED) is 0.671. The second-order valence-electron chi connectivity index (χ2n) is 4.53. The molecule has 1 N–H and O–H groups in total. The molecule has 0 radical (unpaired) electrons. The largest absolute Gasteiger partial charge is 0.361 e. The highest BCUT2D eigenvalue weighted by atomic mass is 14.7. The summed E-state index contributed by atoms with van der Waals surface area (Å²) in [6.07, 6.45) is 3.11. The first-order valence-corrected chi connectivity index (χ1v) is 5.93. The van der Waals surface area contributed by atoms with Crippen LogP contribution in [0.15, 0.2) is 54.7 Å². The van der Waals surface area contributed by atoms with Crippen LogP contribution in [0.1, 0.15) is 16.7 Å². The van der Waals surface area contributed by atoms with Crippen molar-refractivity contribution in [1.29, 1.82) is 0 Å². The van der Waals surface area contributed by atoms with Gasteiger partial charge in [0.2, 0.25) is 0 Å². The monoisotopic (exact) mass is 221 g/mol. The van der Waals surface area contributed by atoms with E-state index in [2.05, 4.69) is 66.6 Å². The van der Waals surface area contributed by atoms with Gasteiger partial charge in [0, 0.05) is 17.1 Å². The second kappa shape index (κ2) is 4.10. The van der Waals surface area contributed by atoms with Gasteiger partial charge in [0.1, 0.15) is 0 Å². The lowest BCUT2D eigenvalue weighted by Crippen LogP contribution is -1.85. The lowest BCUT2D eigenvalue weighted by atomic mass is 10.0. The minimum Gasteiger partial charge on any atom is -0.361 e. The lowest BCUT2D eigenvalue weighted by molar-refractivity contribution is 1.21. The molecule has 0 aliphatic rings. The lowest BCUT2D eigenvalue weighted by Gasteiger charge is -2.00. The Hall–Kier alpha value is -2.02. The number of hydrogen-bond acceptors (Lipinski definition) is 0. The summed E-state index contributed by atoms with van der Waals surface area (Å²) in [6, 6.07) is 17.1. The minimum absolute atomic E-state index is 0.990. The van der Waals surface area contributed by atoms with Crippen molar-refractivity contribution < 1.29 is 0 Å². The van der Waals surface area contributed by atoms with E-state index in [-0.39, 0.29) is 0 Å². The molecule has 0 fully saturated rings. The van der Waals surface area contributed by atoms with Crippen molar-refractivity contribution >= 4 is 10.9 Å². The van der Waals surface area contributed by atoms with Crippen LogP contribution in [-0.2, 0) is 6.42 Å². The fraction of sp³-hybridized carbons (Fsp3) is 0.125. The Labute approximate surface area is 101 Å². The van der Waals surface area contributed by atoms with Gasteiger partial charge in [-0.1, -0.05) is 42.0 Å². The van der Waals surface area contributed by atoms with Crippen LogP contribution in [0, 0.1) is 6.92 Å². The van der Waals surface area contributed by atoms with Crippen molar-refractivity contribution in [3.05, 3.63) is 71.4 Å². The molecular weight excluding hydrogens is 206 g/mol. The number of rotatable bonds is 2. The van der Waals surface area contributed by atoms with Gasteiger partial charge in [0.25, 0.3) is 0 Å². The number of fused-ring (bicyclic) bond motifs is 1. The summed E-state index contributed by atoms with van der Waals surface area (Å²) in [6.45, 7) is 2.14. The van der Waals surface area contributed by atoms with Crippen LogP contribution in [-0.4, -0.2) is 4.98 Å². The molecule has 0 aliphatic heterocycles. The Morgan fingerprint density at radius 1 is 1.00 bits per heavy atom. The molecule has 0 aliphatic carbocycles. The summed E-state index contributed by atoms with van der Waals surface area (Å²) in [5.74, 6) is 0. The molecule has 0 atom stereocenters. The van der Waals surface area contributed by atoms with E-state index in [0.29, 0.717) is 0 Å². The molecular formula is C16H15N. The van der Waals surface area contributed by atoms with E-state index in [1.807, 2.05) is 0 Å². The zero-order chi connectivity index (χ0) is 11.7. The number of H-pyrrole nitrogens is 1. The first kappa shape index (κ1) is 10.2. The number of aryl methyl sites for hydroxylation is 1. The standard InChI is InChI=1S/C16H15N/c1-12-7-8-16-15(9-12)14(11-17-16)10-13-5-3-2-4-6-13/h2-9,11,17H,10H2,1H3. The summed E-state index contributed by atoms with van der Waals surface area (Å²) in [5, 5.41) is 1.34. The molecule has 0 saturated carbocycles. The zero-order valence-electron chi connectivity index (χ0n) is 9.90. The Bertz CT molecular complexity index is 635. The molecule has 3 rings (SSSR count). The van der Waals surface area contributed by atoms with Gasteiger partial charge in [-0.25, -0.2) is 0 Å². The van der Waals surface area contributed by atoms with Crippen LogP contribution in [0.2, 0.25) is 0 Å². The maximum atomic E-state index is 3.34. The third kappa shape index (κ3) is 1.96. The zero-order valence-corrected chi connectivity index (χ0v) is 9.90. The van der Waals surface area contributed by atoms with Gasteiger partial charge in [-0.15, -0.1) is 0 Å². The van der Waals surface area contributed by atoms with Gasteiger partial charge >= 0.3 is 0 Å². The average Bonchev–Trinajstić information content (AvgIpc) is 2.73. The topological polar surface area (TPSA) is 15.8 Å². The molecule has 1 aromatic heterocycles. The molecule has 0 spiro atoms. The Morgan fingerprint density at radius 2 is 1.82 bits per heavy atom. The van der Waals surface area contributed by atoms with Crippen molar-refractivity contribution in [2.24, 2.45) is 0 Å². The molecule has 1 heteroatoms. The molecule has 84 valence electrons. The van der Waals surface area contributed by atoms with Gasteiger partial charge in [0.15, 0.2) is 0 Å². The van der Waals surface area contributed by atoms with Gasteiger partial charge in [-0.3, -0.25) is 0 Å². The van der Waals surface area contributed by atoms with Gasteiger partial charge in [-0.05, 0) is 36.6 Å². The number of nitrogens with one attached hydrogen (secondary N) is 1. The SMILES string of the molecule is Cc1ccc2[nH]cc(Cc3ccccc3)c2c1. The van der Waals surface area contributed by atoms with Crippen molar-refractivity contribution in [3.63, 3.8) is 0 Å².